The summed E-state index contributed by atoms with van der Waals surface area (Å²) in [6, 6.07) is 0. The normalized spacial score (nSPS) is 23.9. The molecule has 16 heavy (non-hydrogen) atoms. The Balaban J connectivity index is 1.88. The minimum Gasteiger partial charge on any atom is -0.202 e. The lowest BCUT2D eigenvalue weighted by Gasteiger charge is -2.31. The zero-order chi connectivity index (χ0) is 11.8. The van der Waals surface area contributed by atoms with Gasteiger partial charge >= 0.3 is 0 Å². The van der Waals surface area contributed by atoms with Crippen LogP contribution in [0.4, 0.5) is 0 Å². The molecule has 1 aliphatic heterocycles. The van der Waals surface area contributed by atoms with Crippen molar-refractivity contribution in [1.82, 2.24) is 9.03 Å². The van der Waals surface area contributed by atoms with E-state index in [-0.39, 0.29) is 5.41 Å². The standard InChI is InChI=1S/C11H22N2O2S/c1-11(2,10-5-3-4-6-10)9-12-16(14,15)13-7-8-13/h10,12H,3-9H2,1-2H3. The average molecular weight is 246 g/mol. The first-order chi connectivity index (χ1) is 7.42. The number of nitrogens with zero attached hydrogens (tertiary/aromatic N) is 1. The van der Waals surface area contributed by atoms with Crippen LogP contribution in [0.1, 0.15) is 39.5 Å². The van der Waals surface area contributed by atoms with E-state index in [2.05, 4.69) is 18.6 Å². The number of nitrogens with one attached hydrogen (secondary N) is 1. The Kier molecular flexibility index (Phi) is 3.29. The minimum absolute atomic E-state index is 0.0829. The minimum atomic E-state index is -3.17. The third-order valence-corrected chi connectivity index (χ3v) is 5.47. The molecule has 1 heterocycles. The van der Waals surface area contributed by atoms with Crippen molar-refractivity contribution < 1.29 is 8.42 Å². The molecule has 1 aliphatic carbocycles. The number of hydrogen-bond acceptors (Lipinski definition) is 2. The molecule has 0 amide bonds. The van der Waals surface area contributed by atoms with Gasteiger partial charge in [-0.25, -0.2) is 4.72 Å². The third-order valence-electron chi connectivity index (χ3n) is 3.92. The maximum Gasteiger partial charge on any atom is 0.279 e. The van der Waals surface area contributed by atoms with E-state index in [0.29, 0.717) is 25.6 Å². The van der Waals surface area contributed by atoms with Crippen LogP contribution in [-0.4, -0.2) is 32.4 Å². The lowest BCUT2D eigenvalue weighted by Crippen LogP contribution is -2.40. The van der Waals surface area contributed by atoms with Crippen LogP contribution in [0.5, 0.6) is 0 Å². The van der Waals surface area contributed by atoms with Crippen LogP contribution in [0.3, 0.4) is 0 Å². The summed E-state index contributed by atoms with van der Waals surface area (Å²) in [6.45, 7) is 6.27. The van der Waals surface area contributed by atoms with E-state index in [1.165, 1.54) is 30.0 Å². The van der Waals surface area contributed by atoms with Gasteiger partial charge in [0, 0.05) is 19.6 Å². The van der Waals surface area contributed by atoms with E-state index >= 15 is 0 Å². The van der Waals surface area contributed by atoms with Gasteiger partial charge in [0.05, 0.1) is 0 Å². The SMILES string of the molecule is CC(C)(CNS(=O)(=O)N1CC1)C1CCCC1. The molecule has 2 aliphatic rings. The predicted octanol–water partition coefficient (Wildman–Crippen LogP) is 1.35. The van der Waals surface area contributed by atoms with E-state index in [0.717, 1.165) is 0 Å². The maximum atomic E-state index is 11.7. The molecule has 0 aromatic rings. The van der Waals surface area contributed by atoms with Gasteiger partial charge in [0.1, 0.15) is 0 Å². The maximum absolute atomic E-state index is 11.7. The number of rotatable bonds is 5. The van der Waals surface area contributed by atoms with Crippen LogP contribution in [0.25, 0.3) is 0 Å². The van der Waals surface area contributed by atoms with Crippen molar-refractivity contribution in [3.8, 4) is 0 Å². The van der Waals surface area contributed by atoms with Crippen LogP contribution in [0, 0.1) is 11.3 Å². The van der Waals surface area contributed by atoms with Crippen molar-refractivity contribution in [2.45, 2.75) is 39.5 Å². The fourth-order valence-corrected chi connectivity index (χ4v) is 3.80. The molecule has 94 valence electrons. The highest BCUT2D eigenvalue weighted by Crippen LogP contribution is 2.39. The molecular weight excluding hydrogens is 224 g/mol. The quantitative estimate of drug-likeness (QED) is 0.745. The first-order valence-electron chi connectivity index (χ1n) is 6.16. The van der Waals surface area contributed by atoms with Crippen molar-refractivity contribution >= 4 is 10.2 Å². The Bertz CT molecular complexity index is 341. The number of hydrogen-bond donors (Lipinski definition) is 1. The molecule has 2 rings (SSSR count). The Morgan fingerprint density at radius 2 is 1.81 bits per heavy atom. The van der Waals surface area contributed by atoms with Gasteiger partial charge in [-0.1, -0.05) is 26.7 Å². The Hall–Kier alpha value is -0.130. The summed E-state index contributed by atoms with van der Waals surface area (Å²) in [5, 5.41) is 0. The molecule has 0 bridgehead atoms. The van der Waals surface area contributed by atoms with Crippen molar-refractivity contribution in [3.63, 3.8) is 0 Å². The lowest BCUT2D eigenvalue weighted by molar-refractivity contribution is 0.219. The second-order valence-corrected chi connectivity index (χ2v) is 7.45. The van der Waals surface area contributed by atoms with Crippen molar-refractivity contribution in [1.29, 1.82) is 0 Å². The summed E-state index contributed by atoms with van der Waals surface area (Å²) in [5.41, 5.74) is 0.0829. The first kappa shape index (κ1) is 12.3. The van der Waals surface area contributed by atoms with E-state index in [4.69, 9.17) is 0 Å². The highest BCUT2D eigenvalue weighted by molar-refractivity contribution is 7.87. The van der Waals surface area contributed by atoms with Crippen LogP contribution >= 0.6 is 0 Å². The fourth-order valence-electron chi connectivity index (χ4n) is 2.50. The van der Waals surface area contributed by atoms with Gasteiger partial charge < -0.3 is 0 Å². The Morgan fingerprint density at radius 1 is 1.25 bits per heavy atom. The van der Waals surface area contributed by atoms with Gasteiger partial charge in [0.25, 0.3) is 10.2 Å². The largest absolute Gasteiger partial charge is 0.279 e. The zero-order valence-corrected chi connectivity index (χ0v) is 11.0. The zero-order valence-electron chi connectivity index (χ0n) is 10.2. The Morgan fingerprint density at radius 3 is 2.31 bits per heavy atom. The summed E-state index contributed by atoms with van der Waals surface area (Å²) in [7, 11) is -3.17. The van der Waals surface area contributed by atoms with E-state index in [1.807, 2.05) is 0 Å². The first-order valence-corrected chi connectivity index (χ1v) is 7.60. The second-order valence-electron chi connectivity index (χ2n) is 5.70. The van der Waals surface area contributed by atoms with E-state index < -0.39 is 10.2 Å². The van der Waals surface area contributed by atoms with Crippen LogP contribution in [-0.2, 0) is 10.2 Å². The molecule has 0 aromatic heterocycles. The summed E-state index contributed by atoms with van der Waals surface area (Å²) in [6.07, 6.45) is 5.09. The van der Waals surface area contributed by atoms with Gasteiger partial charge in [-0.05, 0) is 24.2 Å². The molecular formula is C11H22N2O2S. The van der Waals surface area contributed by atoms with Crippen molar-refractivity contribution in [2.24, 2.45) is 11.3 Å². The molecule has 5 heteroatoms. The van der Waals surface area contributed by atoms with Crippen molar-refractivity contribution in [2.75, 3.05) is 19.6 Å². The molecule has 0 unspecified atom stereocenters. The highest BCUT2D eigenvalue weighted by atomic mass is 32.2. The molecule has 1 N–H and O–H groups in total. The van der Waals surface area contributed by atoms with E-state index in [1.54, 1.807) is 0 Å². The molecule has 0 atom stereocenters. The third kappa shape index (κ3) is 2.76. The summed E-state index contributed by atoms with van der Waals surface area (Å²) < 4.78 is 27.5. The van der Waals surface area contributed by atoms with Gasteiger partial charge in [0.15, 0.2) is 0 Å². The molecule has 0 spiro atoms. The second kappa shape index (κ2) is 4.27. The van der Waals surface area contributed by atoms with Crippen molar-refractivity contribution in [3.05, 3.63) is 0 Å². The molecule has 1 saturated carbocycles. The topological polar surface area (TPSA) is 49.2 Å². The molecule has 1 saturated heterocycles. The predicted molar refractivity (Wildman–Crippen MR) is 64.2 cm³/mol. The molecule has 0 radical (unpaired) electrons. The van der Waals surface area contributed by atoms with Gasteiger partial charge in [-0.15, -0.1) is 0 Å². The summed E-state index contributed by atoms with van der Waals surface area (Å²) >= 11 is 0. The smallest absolute Gasteiger partial charge is 0.202 e. The van der Waals surface area contributed by atoms with Crippen LogP contribution < -0.4 is 4.72 Å². The fraction of sp³-hybridized carbons (Fsp3) is 1.00. The van der Waals surface area contributed by atoms with E-state index in [9.17, 15) is 8.42 Å². The Labute approximate surface area is 98.6 Å². The molecule has 2 fully saturated rings. The lowest BCUT2D eigenvalue weighted by atomic mass is 9.78. The summed E-state index contributed by atoms with van der Waals surface area (Å²) in [5.74, 6) is 0.671. The van der Waals surface area contributed by atoms with Crippen LogP contribution in [0.15, 0.2) is 0 Å². The molecule has 4 nitrogen and oxygen atoms in total. The monoisotopic (exact) mass is 246 g/mol. The average Bonchev–Trinajstić information content (AvgIpc) is 2.92. The van der Waals surface area contributed by atoms with Crippen LogP contribution in [0.2, 0.25) is 0 Å². The van der Waals surface area contributed by atoms with Gasteiger partial charge in [-0.2, -0.15) is 12.7 Å². The van der Waals surface area contributed by atoms with Gasteiger partial charge in [0.2, 0.25) is 0 Å². The van der Waals surface area contributed by atoms with Gasteiger partial charge in [-0.3, -0.25) is 0 Å². The molecule has 0 aromatic carbocycles. The highest BCUT2D eigenvalue weighted by Gasteiger charge is 2.36. The summed E-state index contributed by atoms with van der Waals surface area (Å²) in [4.78, 5) is 0.